The van der Waals surface area contributed by atoms with Gasteiger partial charge in [-0.3, -0.25) is 0 Å². The lowest BCUT2D eigenvalue weighted by Crippen LogP contribution is -2.09. The Bertz CT molecular complexity index is 283. The summed E-state index contributed by atoms with van der Waals surface area (Å²) >= 11 is 12.7. The molecule has 0 aliphatic heterocycles. The summed E-state index contributed by atoms with van der Waals surface area (Å²) in [5.41, 5.74) is 0. The second-order valence-electron chi connectivity index (χ2n) is 4.07. The normalized spacial score (nSPS) is 10.8. The third-order valence-corrected chi connectivity index (χ3v) is 3.40. The van der Waals surface area contributed by atoms with E-state index in [9.17, 15) is 0 Å². The molecule has 0 aliphatic carbocycles. The topological polar surface area (TPSA) is 38.7 Å². The van der Waals surface area contributed by atoms with Crippen LogP contribution >= 0.6 is 37.9 Å². The van der Waals surface area contributed by atoms with Crippen molar-refractivity contribution in [1.29, 1.82) is 0 Å². The van der Waals surface area contributed by atoms with Gasteiger partial charge in [0.05, 0.1) is 0 Å². The van der Waals surface area contributed by atoms with E-state index in [-0.39, 0.29) is 0 Å². The lowest BCUT2D eigenvalue weighted by molar-refractivity contribution is 0.711. The molecule has 0 amide bonds. The Balaban J connectivity index is 2.74. The van der Waals surface area contributed by atoms with Crippen molar-refractivity contribution in [3.63, 3.8) is 0 Å². The first-order chi connectivity index (χ1) is 8.80. The van der Waals surface area contributed by atoms with Gasteiger partial charge in [-0.25, -0.2) is 15.0 Å². The summed E-state index contributed by atoms with van der Waals surface area (Å²) in [7, 11) is 0. The Hall–Kier alpha value is 0.0600. The van der Waals surface area contributed by atoms with Crippen LogP contribution < -0.4 is 0 Å². The highest BCUT2D eigenvalue weighted by Crippen LogP contribution is 2.05. The fourth-order valence-corrected chi connectivity index (χ4v) is 2.04. The maximum Gasteiger partial charge on any atom is 0.132 e. The van der Waals surface area contributed by atoms with E-state index in [0.29, 0.717) is 0 Å². The molecule has 18 heavy (non-hydrogen) atoms. The zero-order valence-electron chi connectivity index (χ0n) is 10.5. The van der Waals surface area contributed by atoms with E-state index in [1.54, 1.807) is 0 Å². The molecule has 0 saturated heterocycles. The van der Waals surface area contributed by atoms with E-state index in [2.05, 4.69) is 52.8 Å². The van der Waals surface area contributed by atoms with Crippen LogP contribution in [0.5, 0.6) is 0 Å². The number of nitrogens with zero attached hydrogens (tertiary/aromatic N) is 3. The van der Waals surface area contributed by atoms with Crippen LogP contribution in [0.25, 0.3) is 0 Å². The van der Waals surface area contributed by atoms with Crippen molar-refractivity contribution in [2.45, 2.75) is 38.5 Å². The van der Waals surface area contributed by atoms with Gasteiger partial charge in [-0.15, -0.1) is 0 Å². The van der Waals surface area contributed by atoms with Gasteiger partial charge in [-0.1, -0.05) is 0 Å². The fourth-order valence-electron chi connectivity index (χ4n) is 1.57. The molecule has 0 N–H and O–H groups in total. The van der Waals surface area contributed by atoms with Gasteiger partial charge in [0.1, 0.15) is 17.5 Å². The minimum Gasteiger partial charge on any atom is -0.218 e. The first-order valence-electron chi connectivity index (χ1n) is 6.35. The van der Waals surface area contributed by atoms with Crippen LogP contribution in [-0.2, 0) is 19.3 Å². The molecule has 3 nitrogen and oxygen atoms in total. The minimum atomic E-state index is 0.865. The number of thiol groups is 3. The van der Waals surface area contributed by atoms with Crippen LogP contribution in [0.2, 0.25) is 0 Å². The number of rotatable bonds is 9. The van der Waals surface area contributed by atoms with Crippen LogP contribution in [0.3, 0.4) is 0 Å². The number of aromatic nitrogens is 3. The van der Waals surface area contributed by atoms with E-state index >= 15 is 0 Å². The molecule has 0 radical (unpaired) electrons. The molecule has 0 aromatic carbocycles. The smallest absolute Gasteiger partial charge is 0.132 e. The standard InChI is InChI=1S/C12H21N3S3/c16-7-1-4-10-13-11(5-2-8-17)15-12(14-10)6-3-9-18/h16-18H,1-9H2. The summed E-state index contributed by atoms with van der Waals surface area (Å²) in [5.74, 6) is 5.31. The van der Waals surface area contributed by atoms with Gasteiger partial charge >= 0.3 is 0 Å². The summed E-state index contributed by atoms with van der Waals surface area (Å²) in [6, 6.07) is 0. The highest BCUT2D eigenvalue weighted by Gasteiger charge is 2.06. The second-order valence-corrected chi connectivity index (χ2v) is 5.41. The Morgan fingerprint density at radius 1 is 0.556 bits per heavy atom. The van der Waals surface area contributed by atoms with Crippen LogP contribution in [0.15, 0.2) is 0 Å². The van der Waals surface area contributed by atoms with Gasteiger partial charge in [0.25, 0.3) is 0 Å². The molecule has 1 aromatic rings. The average Bonchev–Trinajstić information content (AvgIpc) is 2.40. The number of hydrogen-bond donors (Lipinski definition) is 3. The van der Waals surface area contributed by atoms with Gasteiger partial charge in [-0.05, 0) is 36.5 Å². The van der Waals surface area contributed by atoms with Gasteiger partial charge in [-0.2, -0.15) is 37.9 Å². The lowest BCUT2D eigenvalue weighted by atomic mass is 10.2. The van der Waals surface area contributed by atoms with Crippen molar-refractivity contribution in [2.24, 2.45) is 0 Å². The Morgan fingerprint density at radius 3 is 1.06 bits per heavy atom. The van der Waals surface area contributed by atoms with Crippen molar-refractivity contribution in [2.75, 3.05) is 17.3 Å². The first kappa shape index (κ1) is 16.1. The molecular weight excluding hydrogens is 282 g/mol. The van der Waals surface area contributed by atoms with Crippen molar-refractivity contribution >= 4 is 37.9 Å². The van der Waals surface area contributed by atoms with Gasteiger partial charge < -0.3 is 0 Å². The molecule has 0 aliphatic rings. The van der Waals surface area contributed by atoms with Crippen LogP contribution in [0.4, 0.5) is 0 Å². The van der Waals surface area contributed by atoms with Gasteiger partial charge in [0.2, 0.25) is 0 Å². The largest absolute Gasteiger partial charge is 0.218 e. The van der Waals surface area contributed by atoms with E-state index in [1.807, 2.05) is 0 Å². The Labute approximate surface area is 126 Å². The molecule has 0 atom stereocenters. The SMILES string of the molecule is SCCCc1nc(CCCS)nc(CCCS)n1. The predicted molar refractivity (Wildman–Crippen MR) is 86.3 cm³/mol. The zero-order chi connectivity index (χ0) is 13.2. The number of aryl methyl sites for hydroxylation is 3. The highest BCUT2D eigenvalue weighted by atomic mass is 32.1. The predicted octanol–water partition coefficient (Wildman–Crippen LogP) is 2.46. The van der Waals surface area contributed by atoms with Crippen molar-refractivity contribution in [3.05, 3.63) is 17.5 Å². The van der Waals surface area contributed by atoms with Crippen LogP contribution in [-0.4, -0.2) is 32.2 Å². The molecule has 0 fully saturated rings. The van der Waals surface area contributed by atoms with Crippen LogP contribution in [0, 0.1) is 0 Å². The Kier molecular flexibility index (Phi) is 8.88. The third-order valence-electron chi connectivity index (χ3n) is 2.45. The average molecular weight is 304 g/mol. The summed E-state index contributed by atoms with van der Waals surface area (Å²) in [6.45, 7) is 0. The molecule has 1 aromatic heterocycles. The van der Waals surface area contributed by atoms with E-state index < -0.39 is 0 Å². The fraction of sp³-hybridized carbons (Fsp3) is 0.750. The van der Waals surface area contributed by atoms with Gasteiger partial charge in [0.15, 0.2) is 0 Å². The van der Waals surface area contributed by atoms with E-state index in [1.165, 1.54) is 0 Å². The minimum absolute atomic E-state index is 0.865. The molecule has 102 valence electrons. The number of hydrogen-bond acceptors (Lipinski definition) is 6. The maximum absolute atomic E-state index is 4.51. The Morgan fingerprint density at radius 2 is 0.833 bits per heavy atom. The molecular formula is C12H21N3S3. The molecule has 0 saturated carbocycles. The second kappa shape index (κ2) is 9.92. The summed E-state index contributed by atoms with van der Waals surface area (Å²) in [5, 5.41) is 0. The molecule has 0 bridgehead atoms. The maximum atomic E-state index is 4.51. The van der Waals surface area contributed by atoms with Crippen molar-refractivity contribution < 1.29 is 0 Å². The third kappa shape index (κ3) is 6.29. The summed E-state index contributed by atoms with van der Waals surface area (Å²) in [6.07, 6.45) is 5.66. The zero-order valence-corrected chi connectivity index (χ0v) is 13.2. The molecule has 0 spiro atoms. The molecule has 1 rings (SSSR count). The quantitative estimate of drug-likeness (QED) is 0.614. The summed E-state index contributed by atoms with van der Waals surface area (Å²) in [4.78, 5) is 13.5. The van der Waals surface area contributed by atoms with Crippen molar-refractivity contribution in [1.82, 2.24) is 15.0 Å². The molecule has 0 unspecified atom stereocenters. The molecule has 6 heteroatoms. The van der Waals surface area contributed by atoms with E-state index in [4.69, 9.17) is 0 Å². The van der Waals surface area contributed by atoms with Crippen molar-refractivity contribution in [3.8, 4) is 0 Å². The lowest BCUT2D eigenvalue weighted by Gasteiger charge is -2.06. The monoisotopic (exact) mass is 303 g/mol. The van der Waals surface area contributed by atoms with E-state index in [0.717, 1.165) is 73.3 Å². The molecule has 1 heterocycles. The van der Waals surface area contributed by atoms with Gasteiger partial charge in [0, 0.05) is 19.3 Å². The summed E-state index contributed by atoms with van der Waals surface area (Å²) < 4.78 is 0. The first-order valence-corrected chi connectivity index (χ1v) is 8.25. The van der Waals surface area contributed by atoms with Crippen LogP contribution in [0.1, 0.15) is 36.7 Å². The highest BCUT2D eigenvalue weighted by molar-refractivity contribution is 7.80.